The molecule has 0 amide bonds. The maximum absolute atomic E-state index is 5.93. The summed E-state index contributed by atoms with van der Waals surface area (Å²) in [6.45, 7) is 2.25. The fourth-order valence-corrected chi connectivity index (χ4v) is 2.81. The summed E-state index contributed by atoms with van der Waals surface area (Å²) in [4.78, 5) is 0. The molecule has 0 saturated carbocycles. The van der Waals surface area contributed by atoms with Gasteiger partial charge in [0.25, 0.3) is 0 Å². The topological polar surface area (TPSA) is 0 Å². The van der Waals surface area contributed by atoms with E-state index in [0.717, 1.165) is 10.2 Å². The molecule has 0 nitrogen and oxygen atoms in total. The van der Waals surface area contributed by atoms with E-state index in [1.165, 1.54) is 42.0 Å². The number of rotatable bonds is 5. The first kappa shape index (κ1) is 11.8. The number of hydrogen-bond donors (Lipinski definition) is 0. The van der Waals surface area contributed by atoms with E-state index in [4.69, 9.17) is 11.6 Å². The van der Waals surface area contributed by atoms with Crippen LogP contribution in [0.3, 0.4) is 0 Å². The van der Waals surface area contributed by atoms with Crippen LogP contribution in [0.25, 0.3) is 0 Å². The minimum absolute atomic E-state index is 0.664. The van der Waals surface area contributed by atoms with Gasteiger partial charge in [0, 0.05) is 16.1 Å². The van der Waals surface area contributed by atoms with Gasteiger partial charge in [0.05, 0.1) is 0 Å². The van der Waals surface area contributed by atoms with Crippen molar-refractivity contribution in [2.45, 2.75) is 38.5 Å². The summed E-state index contributed by atoms with van der Waals surface area (Å²) in [5, 5.41) is 1.53. The van der Waals surface area contributed by atoms with Crippen molar-refractivity contribution in [3.63, 3.8) is 0 Å². The zero-order valence-corrected chi connectivity index (χ0v) is 11.9. The second kappa shape index (κ2) is 6.26. The van der Waals surface area contributed by atoms with Gasteiger partial charge in [-0.3, -0.25) is 0 Å². The first-order valence-corrected chi connectivity index (χ1v) is 6.96. The lowest BCUT2D eigenvalue weighted by atomic mass is 10.0. The predicted molar refractivity (Wildman–Crippen MR) is 68.8 cm³/mol. The normalized spacial score (nSPS) is 10.7. The predicted octanol–water partition coefficient (Wildman–Crippen LogP) is 2.15. The van der Waals surface area contributed by atoms with Crippen LogP contribution < -0.4 is 5.19 Å². The van der Waals surface area contributed by atoms with Gasteiger partial charge >= 0.3 is 0 Å². The Morgan fingerprint density at radius 3 is 2.71 bits per heavy atom. The van der Waals surface area contributed by atoms with Crippen LogP contribution in [0.5, 0.6) is 0 Å². The van der Waals surface area contributed by atoms with Crippen molar-refractivity contribution in [2.75, 3.05) is 0 Å². The zero-order chi connectivity index (χ0) is 10.4. The average molecular weight is 227 g/mol. The quantitative estimate of drug-likeness (QED) is 0.410. The van der Waals surface area contributed by atoms with Crippen molar-refractivity contribution in [3.8, 4) is 0 Å². The van der Waals surface area contributed by atoms with Gasteiger partial charge in [-0.15, -0.1) is 11.6 Å². The third kappa shape index (κ3) is 3.14. The van der Waals surface area contributed by atoms with Gasteiger partial charge in [-0.05, 0) is 24.0 Å². The number of hydrogen-bond acceptors (Lipinski definition) is 0. The van der Waals surface area contributed by atoms with E-state index in [1.807, 2.05) is 0 Å². The van der Waals surface area contributed by atoms with Crippen LogP contribution in [-0.4, -0.2) is 10.2 Å². The van der Waals surface area contributed by atoms with Gasteiger partial charge < -0.3 is 0 Å². The van der Waals surface area contributed by atoms with E-state index in [2.05, 4.69) is 25.1 Å². The molecule has 0 aromatic heterocycles. The highest BCUT2D eigenvalue weighted by Crippen LogP contribution is 2.12. The largest absolute Gasteiger partial charge is 0.122 e. The molecule has 1 rings (SSSR count). The van der Waals surface area contributed by atoms with Gasteiger partial charge in [0.15, 0.2) is 0 Å². The van der Waals surface area contributed by atoms with Gasteiger partial charge in [-0.2, -0.15) is 0 Å². The number of alkyl halides is 1. The second-order valence-electron chi connectivity index (χ2n) is 3.80. The van der Waals surface area contributed by atoms with Gasteiger partial charge in [-0.25, -0.2) is 0 Å². The lowest BCUT2D eigenvalue weighted by molar-refractivity contribution is 0.717. The molecule has 0 spiro atoms. The molecule has 78 valence electrons. The van der Waals surface area contributed by atoms with E-state index in [9.17, 15) is 0 Å². The monoisotopic (exact) mass is 226 g/mol. The molecule has 0 heterocycles. The van der Waals surface area contributed by atoms with Crippen molar-refractivity contribution >= 4 is 27.0 Å². The van der Waals surface area contributed by atoms with Gasteiger partial charge in [0.1, 0.15) is 0 Å². The molecule has 0 N–H and O–H groups in total. The molecule has 0 aliphatic carbocycles. The Morgan fingerprint density at radius 1 is 1.29 bits per heavy atom. The summed E-state index contributed by atoms with van der Waals surface area (Å²) in [6.07, 6.45) is 5.15. The van der Waals surface area contributed by atoms with Crippen molar-refractivity contribution in [2.24, 2.45) is 0 Å². The minimum atomic E-state index is 0.664. The first-order chi connectivity index (χ1) is 6.79. The first-order valence-electron chi connectivity index (χ1n) is 5.43. The summed E-state index contributed by atoms with van der Waals surface area (Å²) in [5.74, 6) is 0.664. The van der Waals surface area contributed by atoms with Crippen molar-refractivity contribution < 1.29 is 0 Å². The Kier molecular flexibility index (Phi) is 5.27. The highest BCUT2D eigenvalue weighted by Gasteiger charge is 2.03. The fraction of sp³-hybridized carbons (Fsp3) is 0.500. The SMILES string of the molecule is CCCCCc1c([SiH3])cccc1CCl. The van der Waals surface area contributed by atoms with E-state index in [1.54, 1.807) is 0 Å². The summed E-state index contributed by atoms with van der Waals surface area (Å²) in [7, 11) is 1.14. The van der Waals surface area contributed by atoms with Crippen LogP contribution in [0.1, 0.15) is 37.3 Å². The highest BCUT2D eigenvalue weighted by atomic mass is 35.5. The van der Waals surface area contributed by atoms with Crippen LogP contribution in [0.2, 0.25) is 0 Å². The molecule has 0 aliphatic rings. The number of benzene rings is 1. The molecule has 0 radical (unpaired) electrons. The Morgan fingerprint density at radius 2 is 2.07 bits per heavy atom. The molecule has 1 aromatic rings. The van der Waals surface area contributed by atoms with Gasteiger partial charge in [-0.1, -0.05) is 43.2 Å². The van der Waals surface area contributed by atoms with E-state index >= 15 is 0 Å². The van der Waals surface area contributed by atoms with Crippen LogP contribution in [-0.2, 0) is 12.3 Å². The highest BCUT2D eigenvalue weighted by molar-refractivity contribution is 6.33. The summed E-state index contributed by atoms with van der Waals surface area (Å²) < 4.78 is 0. The smallest absolute Gasteiger partial charge is 0.0476 e. The number of unbranched alkanes of at least 4 members (excludes halogenated alkanes) is 2. The molecule has 0 saturated heterocycles. The van der Waals surface area contributed by atoms with Crippen LogP contribution in [0.15, 0.2) is 18.2 Å². The summed E-state index contributed by atoms with van der Waals surface area (Å²) in [6, 6.07) is 6.53. The van der Waals surface area contributed by atoms with Crippen LogP contribution in [0, 0.1) is 0 Å². The zero-order valence-electron chi connectivity index (χ0n) is 9.15. The summed E-state index contributed by atoms with van der Waals surface area (Å²) >= 11 is 5.93. The molecule has 0 atom stereocenters. The molecule has 0 fully saturated rings. The summed E-state index contributed by atoms with van der Waals surface area (Å²) in [5.41, 5.74) is 2.87. The lowest BCUT2D eigenvalue weighted by Crippen LogP contribution is -2.12. The molecule has 0 aliphatic heterocycles. The maximum atomic E-state index is 5.93. The van der Waals surface area contributed by atoms with Crippen LogP contribution >= 0.6 is 11.6 Å². The molecular weight excluding hydrogens is 208 g/mol. The minimum Gasteiger partial charge on any atom is -0.122 e. The van der Waals surface area contributed by atoms with E-state index < -0.39 is 0 Å². The standard InChI is InChI=1S/C12H19ClSi/c1-2-3-4-7-11-10(9-13)6-5-8-12(11)14/h5-6,8H,2-4,7,9H2,1,14H3. The van der Waals surface area contributed by atoms with Crippen molar-refractivity contribution in [1.82, 2.24) is 0 Å². The lowest BCUT2D eigenvalue weighted by Gasteiger charge is -2.10. The third-order valence-corrected chi connectivity index (χ3v) is 3.91. The van der Waals surface area contributed by atoms with E-state index in [-0.39, 0.29) is 0 Å². The molecule has 14 heavy (non-hydrogen) atoms. The molecular formula is C12H19ClSi. The average Bonchev–Trinajstić information content (AvgIpc) is 2.20. The fourth-order valence-electron chi connectivity index (χ4n) is 1.80. The molecule has 0 unspecified atom stereocenters. The Balaban J connectivity index is 2.72. The molecule has 1 aromatic carbocycles. The Labute approximate surface area is 95.1 Å². The van der Waals surface area contributed by atoms with Gasteiger partial charge in [0.2, 0.25) is 0 Å². The molecule has 0 bridgehead atoms. The number of halogens is 1. The van der Waals surface area contributed by atoms with E-state index in [0.29, 0.717) is 5.88 Å². The van der Waals surface area contributed by atoms with Crippen molar-refractivity contribution in [1.29, 1.82) is 0 Å². The maximum Gasteiger partial charge on any atom is 0.0476 e. The third-order valence-electron chi connectivity index (χ3n) is 2.68. The van der Waals surface area contributed by atoms with Crippen LogP contribution in [0.4, 0.5) is 0 Å². The Hall–Kier alpha value is -0.273. The second-order valence-corrected chi connectivity index (χ2v) is 5.15. The van der Waals surface area contributed by atoms with Crippen molar-refractivity contribution in [3.05, 3.63) is 29.3 Å². The Bertz CT molecular complexity index is 284. The molecule has 2 heteroatoms.